The van der Waals surface area contributed by atoms with E-state index in [0.717, 1.165) is 20.9 Å². The van der Waals surface area contributed by atoms with Crippen LogP contribution in [0.15, 0.2) is 36.5 Å². The number of fused-ring (bicyclic) bond motifs is 1. The third-order valence-electron chi connectivity index (χ3n) is 3.69. The van der Waals surface area contributed by atoms with Crippen molar-refractivity contribution in [1.29, 1.82) is 0 Å². The van der Waals surface area contributed by atoms with E-state index in [4.69, 9.17) is 11.6 Å². The molecule has 0 fully saturated rings. The predicted octanol–water partition coefficient (Wildman–Crippen LogP) is 4.91. The Hall–Kier alpha value is -2.18. The second-order valence-electron chi connectivity index (χ2n) is 6.09. The number of nitrogens with one attached hydrogen (secondary N) is 2. The summed E-state index contributed by atoms with van der Waals surface area (Å²) in [5, 5.41) is 7.38. The van der Waals surface area contributed by atoms with Crippen LogP contribution >= 0.6 is 22.9 Å². The molecule has 7 heteroatoms. The highest BCUT2D eigenvalue weighted by molar-refractivity contribution is 7.18. The Bertz CT molecular complexity index is 909. The standard InChI is InChI=1S/C18H19ClN4OS/c1-10(2)18-23-13-7-6-12(9-15(13)25-18)21-11(3)17(24)22-14-5-4-8-20-16(14)19/h4-11,21H,1-3H3,(H,22,24). The summed E-state index contributed by atoms with van der Waals surface area (Å²) in [6.07, 6.45) is 1.58. The molecule has 0 aliphatic rings. The van der Waals surface area contributed by atoms with Crippen LogP contribution in [0.2, 0.25) is 5.15 Å². The van der Waals surface area contributed by atoms with E-state index < -0.39 is 6.04 Å². The zero-order chi connectivity index (χ0) is 18.0. The number of halogens is 1. The van der Waals surface area contributed by atoms with Crippen LogP contribution in [0.1, 0.15) is 31.7 Å². The molecule has 0 radical (unpaired) electrons. The first-order chi connectivity index (χ1) is 11.9. The fourth-order valence-corrected chi connectivity index (χ4v) is 3.49. The molecule has 2 heterocycles. The fraction of sp³-hybridized carbons (Fsp3) is 0.278. The van der Waals surface area contributed by atoms with E-state index in [0.29, 0.717) is 11.6 Å². The van der Waals surface area contributed by atoms with Crippen molar-refractivity contribution in [2.45, 2.75) is 32.7 Å². The van der Waals surface area contributed by atoms with Crippen molar-refractivity contribution in [3.63, 3.8) is 0 Å². The van der Waals surface area contributed by atoms with Gasteiger partial charge < -0.3 is 10.6 Å². The Morgan fingerprint density at radius 3 is 2.76 bits per heavy atom. The number of hydrogen-bond acceptors (Lipinski definition) is 5. The second-order valence-corrected chi connectivity index (χ2v) is 7.51. The molecule has 5 nitrogen and oxygen atoms in total. The van der Waals surface area contributed by atoms with Crippen LogP contribution in [0.5, 0.6) is 0 Å². The normalized spacial score (nSPS) is 12.4. The summed E-state index contributed by atoms with van der Waals surface area (Å²) in [5.41, 5.74) is 2.37. The highest BCUT2D eigenvalue weighted by Crippen LogP contribution is 2.29. The maximum absolute atomic E-state index is 12.4. The summed E-state index contributed by atoms with van der Waals surface area (Å²) in [7, 11) is 0. The summed E-state index contributed by atoms with van der Waals surface area (Å²) >= 11 is 7.66. The predicted molar refractivity (Wildman–Crippen MR) is 105 cm³/mol. The van der Waals surface area contributed by atoms with Gasteiger partial charge in [-0.05, 0) is 37.3 Å². The number of anilines is 2. The average Bonchev–Trinajstić information content (AvgIpc) is 3.00. The second kappa shape index (κ2) is 7.37. The molecule has 1 unspecified atom stereocenters. The number of pyridine rings is 1. The molecule has 1 aromatic carbocycles. The lowest BCUT2D eigenvalue weighted by atomic mass is 10.2. The lowest BCUT2D eigenvalue weighted by molar-refractivity contribution is -0.116. The van der Waals surface area contributed by atoms with Crippen LogP contribution < -0.4 is 10.6 Å². The molecule has 25 heavy (non-hydrogen) atoms. The fourth-order valence-electron chi connectivity index (χ4n) is 2.31. The van der Waals surface area contributed by atoms with Gasteiger partial charge in [-0.2, -0.15) is 0 Å². The Labute approximate surface area is 155 Å². The van der Waals surface area contributed by atoms with E-state index in [9.17, 15) is 4.79 Å². The molecule has 0 aliphatic carbocycles. The quantitative estimate of drug-likeness (QED) is 0.623. The first-order valence-electron chi connectivity index (χ1n) is 8.02. The molecular formula is C18H19ClN4OS. The van der Waals surface area contributed by atoms with E-state index in [1.54, 1.807) is 36.6 Å². The zero-order valence-corrected chi connectivity index (χ0v) is 15.8. The van der Waals surface area contributed by atoms with Gasteiger partial charge in [0, 0.05) is 17.8 Å². The number of nitrogens with zero attached hydrogens (tertiary/aromatic N) is 2. The third-order valence-corrected chi connectivity index (χ3v) is 5.31. The molecule has 0 spiro atoms. The zero-order valence-electron chi connectivity index (χ0n) is 14.2. The van der Waals surface area contributed by atoms with Crippen molar-refractivity contribution < 1.29 is 4.79 Å². The lowest BCUT2D eigenvalue weighted by Gasteiger charge is -2.15. The Kier molecular flexibility index (Phi) is 5.20. The summed E-state index contributed by atoms with van der Waals surface area (Å²) in [6, 6.07) is 8.96. The molecule has 3 rings (SSSR count). The van der Waals surface area contributed by atoms with Crippen LogP contribution in [0, 0.1) is 0 Å². The van der Waals surface area contributed by atoms with Crippen LogP contribution in [-0.2, 0) is 4.79 Å². The number of carbonyl (C=O) groups excluding carboxylic acids is 1. The largest absolute Gasteiger partial charge is 0.374 e. The van der Waals surface area contributed by atoms with Crippen molar-refractivity contribution in [3.8, 4) is 0 Å². The minimum absolute atomic E-state index is 0.179. The first-order valence-corrected chi connectivity index (χ1v) is 9.22. The summed E-state index contributed by atoms with van der Waals surface area (Å²) < 4.78 is 1.11. The Morgan fingerprint density at radius 1 is 1.24 bits per heavy atom. The van der Waals surface area contributed by atoms with Gasteiger partial charge >= 0.3 is 0 Å². The number of thiazole rings is 1. The third kappa shape index (κ3) is 4.08. The van der Waals surface area contributed by atoms with Crippen molar-refractivity contribution in [2.75, 3.05) is 10.6 Å². The molecule has 1 amide bonds. The van der Waals surface area contributed by atoms with Gasteiger partial charge in [0.25, 0.3) is 0 Å². The topological polar surface area (TPSA) is 66.9 Å². The summed E-state index contributed by atoms with van der Waals surface area (Å²) in [5.74, 6) is 0.227. The highest BCUT2D eigenvalue weighted by Gasteiger charge is 2.15. The molecule has 0 saturated carbocycles. The number of amides is 1. The molecule has 0 aliphatic heterocycles. The summed E-state index contributed by atoms with van der Waals surface area (Å²) in [6.45, 7) is 6.07. The van der Waals surface area contributed by atoms with Gasteiger partial charge in [0.15, 0.2) is 5.15 Å². The minimum atomic E-state index is -0.425. The van der Waals surface area contributed by atoms with Crippen molar-refractivity contribution in [1.82, 2.24) is 9.97 Å². The maximum atomic E-state index is 12.4. The average molecular weight is 375 g/mol. The van der Waals surface area contributed by atoms with Crippen LogP contribution in [0.25, 0.3) is 10.2 Å². The molecule has 2 aromatic heterocycles. The molecule has 1 atom stereocenters. The van der Waals surface area contributed by atoms with E-state index in [1.165, 1.54) is 0 Å². The maximum Gasteiger partial charge on any atom is 0.246 e. The van der Waals surface area contributed by atoms with E-state index in [2.05, 4.69) is 34.4 Å². The van der Waals surface area contributed by atoms with Gasteiger partial charge in [-0.25, -0.2) is 9.97 Å². The van der Waals surface area contributed by atoms with Crippen molar-refractivity contribution >= 4 is 50.4 Å². The number of aromatic nitrogens is 2. The van der Waals surface area contributed by atoms with Crippen LogP contribution in [0.4, 0.5) is 11.4 Å². The van der Waals surface area contributed by atoms with Gasteiger partial charge in [-0.3, -0.25) is 4.79 Å². The highest BCUT2D eigenvalue weighted by atomic mass is 35.5. The Morgan fingerprint density at radius 2 is 2.04 bits per heavy atom. The van der Waals surface area contributed by atoms with Crippen LogP contribution in [-0.4, -0.2) is 21.9 Å². The number of benzene rings is 1. The van der Waals surface area contributed by atoms with Crippen molar-refractivity contribution in [3.05, 3.63) is 46.7 Å². The van der Waals surface area contributed by atoms with E-state index in [-0.39, 0.29) is 11.1 Å². The summed E-state index contributed by atoms with van der Waals surface area (Å²) in [4.78, 5) is 20.9. The van der Waals surface area contributed by atoms with Gasteiger partial charge in [-0.1, -0.05) is 25.4 Å². The molecule has 130 valence electrons. The first kappa shape index (κ1) is 17.6. The SMILES string of the molecule is CC(Nc1ccc2nc(C(C)C)sc2c1)C(=O)Nc1cccnc1Cl. The smallest absolute Gasteiger partial charge is 0.246 e. The number of carbonyl (C=O) groups is 1. The minimum Gasteiger partial charge on any atom is -0.374 e. The number of rotatable bonds is 5. The number of hydrogen-bond donors (Lipinski definition) is 2. The van der Waals surface area contributed by atoms with Crippen LogP contribution in [0.3, 0.4) is 0 Å². The van der Waals surface area contributed by atoms with E-state index >= 15 is 0 Å². The van der Waals surface area contributed by atoms with Gasteiger partial charge in [0.1, 0.15) is 6.04 Å². The monoisotopic (exact) mass is 374 g/mol. The molecular weight excluding hydrogens is 356 g/mol. The van der Waals surface area contributed by atoms with Gasteiger partial charge in [0.2, 0.25) is 5.91 Å². The molecule has 0 saturated heterocycles. The molecule has 2 N–H and O–H groups in total. The van der Waals surface area contributed by atoms with Gasteiger partial charge in [-0.15, -0.1) is 11.3 Å². The van der Waals surface area contributed by atoms with E-state index in [1.807, 2.05) is 18.2 Å². The lowest BCUT2D eigenvalue weighted by Crippen LogP contribution is -2.32. The van der Waals surface area contributed by atoms with Crippen molar-refractivity contribution in [2.24, 2.45) is 0 Å². The molecule has 0 bridgehead atoms. The molecule has 3 aromatic rings. The Balaban J connectivity index is 1.71. The van der Waals surface area contributed by atoms with Gasteiger partial charge in [0.05, 0.1) is 20.9 Å².